The molecule has 0 unspecified atom stereocenters. The number of aromatic amines is 1. The Morgan fingerprint density at radius 1 is 1.05 bits per heavy atom. The largest absolute Gasteiger partial charge is 0.298 e. The zero-order valence-electron chi connectivity index (χ0n) is 9.85. The van der Waals surface area contributed by atoms with E-state index in [0.29, 0.717) is 10.8 Å². The lowest BCUT2D eigenvalue weighted by Crippen LogP contribution is -1.89. The second kappa shape index (κ2) is 7.94. The van der Waals surface area contributed by atoms with Crippen molar-refractivity contribution in [3.05, 3.63) is 51.3 Å². The highest BCUT2D eigenvalue weighted by Gasteiger charge is 2.03. The molecule has 3 aromatic heterocycles. The quantitative estimate of drug-likeness (QED) is 0.603. The van der Waals surface area contributed by atoms with Gasteiger partial charge in [0.25, 0.3) is 0 Å². The summed E-state index contributed by atoms with van der Waals surface area (Å²) in [4.78, 5) is 17.6. The van der Waals surface area contributed by atoms with E-state index in [9.17, 15) is 9.18 Å². The van der Waals surface area contributed by atoms with Crippen molar-refractivity contribution < 1.29 is 9.18 Å². The van der Waals surface area contributed by atoms with Crippen LogP contribution in [0.2, 0.25) is 0 Å². The van der Waals surface area contributed by atoms with Gasteiger partial charge in [-0.25, -0.2) is 4.39 Å². The maximum absolute atomic E-state index is 12.5. The van der Waals surface area contributed by atoms with Crippen molar-refractivity contribution in [2.45, 2.75) is 7.43 Å². The third-order valence-electron chi connectivity index (χ3n) is 2.33. The summed E-state index contributed by atoms with van der Waals surface area (Å²) in [5, 5.41) is 7.75. The molecule has 0 aliphatic carbocycles. The number of H-pyrrole nitrogens is 1. The summed E-state index contributed by atoms with van der Waals surface area (Å²) in [6.07, 6.45) is 8.06. The van der Waals surface area contributed by atoms with Crippen molar-refractivity contribution >= 4 is 49.0 Å². The molecule has 3 heterocycles. The first kappa shape index (κ1) is 17.4. The highest BCUT2D eigenvalue weighted by Crippen LogP contribution is 2.19. The van der Waals surface area contributed by atoms with Crippen LogP contribution in [0.1, 0.15) is 17.8 Å². The van der Waals surface area contributed by atoms with Gasteiger partial charge < -0.3 is 0 Å². The van der Waals surface area contributed by atoms with Gasteiger partial charge in [-0.15, -0.1) is 0 Å². The Hall–Kier alpha value is -1.67. The number of nitrogens with zero attached hydrogens (tertiary/aromatic N) is 3. The normalized spacial score (nSPS) is 9.48. The van der Waals surface area contributed by atoms with E-state index < -0.39 is 5.82 Å². The van der Waals surface area contributed by atoms with Crippen LogP contribution in [0.4, 0.5) is 4.39 Å². The van der Waals surface area contributed by atoms with Crippen molar-refractivity contribution in [2.75, 3.05) is 0 Å². The van der Waals surface area contributed by atoms with Gasteiger partial charge in [0.05, 0.1) is 29.7 Å². The average Bonchev–Trinajstić information content (AvgIpc) is 2.90. The molecule has 0 aromatic carbocycles. The van der Waals surface area contributed by atoms with Crippen LogP contribution in [0.15, 0.2) is 39.9 Å². The number of aldehydes is 1. The minimum Gasteiger partial charge on any atom is -0.298 e. The molecule has 1 N–H and O–H groups in total. The highest BCUT2D eigenvalue weighted by atomic mass is 79.9. The maximum atomic E-state index is 12.5. The monoisotopic (exact) mass is 416 g/mol. The second-order valence-corrected chi connectivity index (χ2v) is 5.30. The van der Waals surface area contributed by atoms with Crippen molar-refractivity contribution in [3.63, 3.8) is 0 Å². The summed E-state index contributed by atoms with van der Waals surface area (Å²) in [5.74, 6) is -0.607. The van der Waals surface area contributed by atoms with E-state index in [4.69, 9.17) is 0 Å². The van der Waals surface area contributed by atoms with Crippen LogP contribution in [0.25, 0.3) is 10.9 Å². The van der Waals surface area contributed by atoms with Crippen molar-refractivity contribution in [1.29, 1.82) is 0 Å². The van der Waals surface area contributed by atoms with Crippen LogP contribution in [0, 0.1) is 5.82 Å². The smallest absolute Gasteiger partial charge is 0.154 e. The van der Waals surface area contributed by atoms with E-state index in [-0.39, 0.29) is 13.0 Å². The molecule has 0 fully saturated rings. The second-order valence-electron chi connectivity index (χ2n) is 3.59. The number of nitrogens with one attached hydrogen (secondary N) is 1. The van der Waals surface area contributed by atoms with E-state index in [1.807, 2.05) is 0 Å². The van der Waals surface area contributed by atoms with Crippen LogP contribution in [0.5, 0.6) is 0 Å². The first-order valence-corrected chi connectivity index (χ1v) is 6.89. The zero-order chi connectivity index (χ0) is 14.5. The number of pyridine rings is 2. The van der Waals surface area contributed by atoms with Gasteiger partial charge in [-0.2, -0.15) is 5.10 Å². The third kappa shape index (κ3) is 4.15. The summed E-state index contributed by atoms with van der Waals surface area (Å²) in [6, 6.07) is 0. The minimum atomic E-state index is -0.607. The minimum absolute atomic E-state index is 0. The lowest BCUT2D eigenvalue weighted by Gasteiger charge is -1.93. The molecular weight excluding hydrogens is 407 g/mol. The fourth-order valence-corrected chi connectivity index (χ4v) is 2.20. The molecule has 0 atom stereocenters. The summed E-state index contributed by atoms with van der Waals surface area (Å²) < 4.78 is 13.9. The molecule has 0 aliphatic heterocycles. The number of halogens is 3. The van der Waals surface area contributed by atoms with E-state index >= 15 is 0 Å². The molecule has 21 heavy (non-hydrogen) atoms. The fraction of sp³-hybridized carbons (Fsp3) is 0.0769. The van der Waals surface area contributed by atoms with Crippen LogP contribution in [-0.2, 0) is 0 Å². The third-order valence-corrected chi connectivity index (χ3v) is 3.59. The lowest BCUT2D eigenvalue weighted by atomic mass is 10.3. The average molecular weight is 418 g/mol. The molecule has 0 saturated heterocycles. The molecule has 0 radical (unpaired) electrons. The van der Waals surface area contributed by atoms with E-state index in [1.165, 1.54) is 6.20 Å². The number of rotatable bonds is 1. The van der Waals surface area contributed by atoms with Crippen molar-refractivity contribution in [2.24, 2.45) is 0 Å². The van der Waals surface area contributed by atoms with Gasteiger partial charge in [0.2, 0.25) is 0 Å². The number of hydrogen-bond donors (Lipinski definition) is 1. The molecule has 5 nitrogen and oxygen atoms in total. The number of hydrogen-bond acceptors (Lipinski definition) is 4. The Balaban J connectivity index is 0.000000200. The zero-order valence-corrected chi connectivity index (χ0v) is 13.0. The molecule has 110 valence electrons. The standard InChI is InChI=1S/C6H3BrFNO.C6H4BrN3.CH4/c7-5-1-9-2-6(8)4(5)3-10;7-5-2-8-3-6-4(5)1-9-10-6;/h1-3H;1-3H,(H,9,10);1H4. The van der Waals surface area contributed by atoms with Crippen LogP contribution < -0.4 is 0 Å². The molecule has 0 aliphatic rings. The summed E-state index contributed by atoms with van der Waals surface area (Å²) in [5.41, 5.74) is 0.962. The Bertz CT molecular complexity index is 728. The van der Waals surface area contributed by atoms with Gasteiger partial charge in [0.1, 0.15) is 0 Å². The van der Waals surface area contributed by atoms with Gasteiger partial charge >= 0.3 is 0 Å². The first-order valence-electron chi connectivity index (χ1n) is 5.30. The van der Waals surface area contributed by atoms with Crippen LogP contribution in [0.3, 0.4) is 0 Å². The molecule has 0 amide bonds. The number of fused-ring (bicyclic) bond motifs is 1. The summed E-state index contributed by atoms with van der Waals surface area (Å²) in [7, 11) is 0. The van der Waals surface area contributed by atoms with Crippen LogP contribution >= 0.6 is 31.9 Å². The van der Waals surface area contributed by atoms with Gasteiger partial charge in [-0.3, -0.25) is 19.9 Å². The van der Waals surface area contributed by atoms with Gasteiger partial charge in [0, 0.05) is 26.7 Å². The predicted octanol–water partition coefficient (Wildman–Crippen LogP) is 4.15. The number of aromatic nitrogens is 4. The number of carbonyl (C=O) groups is 1. The molecular formula is C13H11Br2FN4O. The van der Waals surface area contributed by atoms with E-state index in [2.05, 4.69) is 52.0 Å². The van der Waals surface area contributed by atoms with Gasteiger partial charge in [0.15, 0.2) is 12.1 Å². The molecule has 0 saturated carbocycles. The Labute approximate surface area is 137 Å². The predicted molar refractivity (Wildman–Crippen MR) is 85.6 cm³/mol. The Morgan fingerprint density at radius 2 is 1.71 bits per heavy atom. The Kier molecular flexibility index (Phi) is 6.57. The topological polar surface area (TPSA) is 71.5 Å². The SMILES string of the molecule is Brc1cncc2[nH]ncc12.C.O=Cc1c(F)cncc1Br. The summed E-state index contributed by atoms with van der Waals surface area (Å²) >= 11 is 6.33. The van der Waals surface area contributed by atoms with E-state index in [0.717, 1.165) is 21.6 Å². The molecule has 3 rings (SSSR count). The first-order chi connectivity index (χ1) is 9.63. The molecule has 0 spiro atoms. The van der Waals surface area contributed by atoms with Crippen molar-refractivity contribution in [3.8, 4) is 0 Å². The van der Waals surface area contributed by atoms with E-state index in [1.54, 1.807) is 18.6 Å². The maximum Gasteiger partial charge on any atom is 0.154 e. The highest BCUT2D eigenvalue weighted by molar-refractivity contribution is 9.11. The van der Waals surface area contributed by atoms with Crippen molar-refractivity contribution in [1.82, 2.24) is 20.2 Å². The summed E-state index contributed by atoms with van der Waals surface area (Å²) in [6.45, 7) is 0. The number of carbonyl (C=O) groups excluding carboxylic acids is 1. The van der Waals surface area contributed by atoms with Crippen LogP contribution in [-0.4, -0.2) is 26.5 Å². The van der Waals surface area contributed by atoms with Gasteiger partial charge in [-0.05, 0) is 31.9 Å². The lowest BCUT2D eigenvalue weighted by molar-refractivity contribution is 0.111. The molecule has 8 heteroatoms. The molecule has 3 aromatic rings. The molecule has 0 bridgehead atoms. The Morgan fingerprint density at radius 3 is 2.29 bits per heavy atom. The van der Waals surface area contributed by atoms with Gasteiger partial charge in [-0.1, -0.05) is 7.43 Å². The fourth-order valence-electron chi connectivity index (χ4n) is 1.37.